The smallest absolute Gasteiger partial charge is 0.122 e. The lowest BCUT2D eigenvalue weighted by atomic mass is 9.99. The quantitative estimate of drug-likeness (QED) is 0.795. The van der Waals surface area contributed by atoms with Gasteiger partial charge in [0, 0.05) is 17.0 Å². The van der Waals surface area contributed by atoms with Crippen LogP contribution in [0, 0.1) is 13.8 Å². The molecule has 3 heteroatoms. The van der Waals surface area contributed by atoms with E-state index in [1.807, 2.05) is 6.92 Å². The number of phenols is 1. The molecule has 0 aliphatic carbocycles. The molecule has 0 aliphatic rings. The van der Waals surface area contributed by atoms with E-state index in [0.29, 0.717) is 11.4 Å². The Morgan fingerprint density at radius 2 is 2.00 bits per heavy atom. The summed E-state index contributed by atoms with van der Waals surface area (Å²) in [5, 5.41) is 19.7. The topological polar surface area (TPSA) is 40.5 Å². The number of aliphatic hydroxyl groups is 1. The fraction of sp³-hybridized carbons (Fsp3) is 0.455. The second-order valence-electron chi connectivity index (χ2n) is 3.68. The molecule has 0 bridgehead atoms. The third-order valence-corrected chi connectivity index (χ3v) is 2.71. The molecule has 2 N–H and O–H groups in total. The summed E-state index contributed by atoms with van der Waals surface area (Å²) in [6.45, 7) is 5.33. The molecule has 1 atom stereocenters. The first-order valence-corrected chi connectivity index (χ1v) is 4.97. The number of aromatic hydroxyl groups is 1. The summed E-state index contributed by atoms with van der Waals surface area (Å²) >= 11 is 5.98. The predicted molar refractivity (Wildman–Crippen MR) is 58.0 cm³/mol. The van der Waals surface area contributed by atoms with Crippen molar-refractivity contribution in [3.05, 3.63) is 27.8 Å². The van der Waals surface area contributed by atoms with Crippen LogP contribution >= 0.6 is 11.6 Å². The van der Waals surface area contributed by atoms with Crippen LogP contribution in [-0.2, 0) is 6.42 Å². The maximum atomic E-state index is 9.78. The number of rotatable bonds is 2. The molecule has 0 spiro atoms. The minimum Gasteiger partial charge on any atom is -0.507 e. The highest BCUT2D eigenvalue weighted by molar-refractivity contribution is 6.31. The lowest BCUT2D eigenvalue weighted by Crippen LogP contribution is -2.06. The van der Waals surface area contributed by atoms with Crippen LogP contribution in [0.5, 0.6) is 5.75 Å². The van der Waals surface area contributed by atoms with E-state index in [2.05, 4.69) is 0 Å². The van der Waals surface area contributed by atoms with Gasteiger partial charge in [-0.2, -0.15) is 0 Å². The number of hydrogen-bond acceptors (Lipinski definition) is 2. The lowest BCUT2D eigenvalue weighted by Gasteiger charge is -2.13. The Labute approximate surface area is 89.1 Å². The van der Waals surface area contributed by atoms with Gasteiger partial charge in [0.25, 0.3) is 0 Å². The van der Waals surface area contributed by atoms with E-state index in [9.17, 15) is 10.2 Å². The zero-order chi connectivity index (χ0) is 10.9. The first kappa shape index (κ1) is 11.3. The molecule has 0 saturated heterocycles. The van der Waals surface area contributed by atoms with Crippen molar-refractivity contribution in [2.24, 2.45) is 0 Å². The number of halogens is 1. The summed E-state index contributed by atoms with van der Waals surface area (Å²) < 4.78 is 0. The van der Waals surface area contributed by atoms with Gasteiger partial charge in [-0.3, -0.25) is 0 Å². The van der Waals surface area contributed by atoms with Gasteiger partial charge in [0.05, 0.1) is 6.10 Å². The van der Waals surface area contributed by atoms with E-state index in [0.717, 1.165) is 16.7 Å². The predicted octanol–water partition coefficient (Wildman–Crippen LogP) is 2.59. The molecule has 1 unspecified atom stereocenters. The second-order valence-corrected chi connectivity index (χ2v) is 4.09. The molecule has 0 aromatic heterocycles. The van der Waals surface area contributed by atoms with Crippen LogP contribution in [0.3, 0.4) is 0 Å². The Kier molecular flexibility index (Phi) is 3.40. The van der Waals surface area contributed by atoms with Crippen molar-refractivity contribution >= 4 is 11.6 Å². The van der Waals surface area contributed by atoms with E-state index in [1.165, 1.54) is 0 Å². The van der Waals surface area contributed by atoms with Gasteiger partial charge in [-0.05, 0) is 38.0 Å². The van der Waals surface area contributed by atoms with Gasteiger partial charge < -0.3 is 10.2 Å². The first-order chi connectivity index (χ1) is 6.43. The van der Waals surface area contributed by atoms with E-state index in [1.54, 1.807) is 19.9 Å². The molecule has 0 radical (unpaired) electrons. The summed E-state index contributed by atoms with van der Waals surface area (Å²) in [4.78, 5) is 0. The summed E-state index contributed by atoms with van der Waals surface area (Å²) in [5.74, 6) is 0.243. The monoisotopic (exact) mass is 214 g/mol. The van der Waals surface area contributed by atoms with Gasteiger partial charge in [0.15, 0.2) is 0 Å². The maximum Gasteiger partial charge on any atom is 0.122 e. The molecule has 1 aromatic rings. The summed E-state index contributed by atoms with van der Waals surface area (Å²) in [7, 11) is 0. The fourth-order valence-corrected chi connectivity index (χ4v) is 1.75. The minimum atomic E-state index is -0.475. The summed E-state index contributed by atoms with van der Waals surface area (Å²) in [6.07, 6.45) is -0.0449. The van der Waals surface area contributed by atoms with Gasteiger partial charge in [0.2, 0.25) is 0 Å². The molecule has 14 heavy (non-hydrogen) atoms. The number of aryl methyl sites for hydroxylation is 1. The molecule has 0 fully saturated rings. The largest absolute Gasteiger partial charge is 0.507 e. The average Bonchev–Trinajstić information content (AvgIpc) is 2.09. The molecule has 0 saturated carbocycles. The van der Waals surface area contributed by atoms with E-state index < -0.39 is 6.10 Å². The number of aliphatic hydroxyl groups excluding tert-OH is 1. The number of benzene rings is 1. The molecule has 1 aromatic carbocycles. The van der Waals surface area contributed by atoms with Crippen LogP contribution < -0.4 is 0 Å². The lowest BCUT2D eigenvalue weighted by molar-refractivity contribution is 0.194. The summed E-state index contributed by atoms with van der Waals surface area (Å²) in [5.41, 5.74) is 2.33. The van der Waals surface area contributed by atoms with E-state index >= 15 is 0 Å². The Bertz CT molecular complexity index is 319. The standard InChI is InChI=1S/C11H15ClO2/c1-6-4-10(12)8(3)9(11(6)14)5-7(2)13/h4,7,13-14H,5H2,1-3H3. The summed E-state index contributed by atoms with van der Waals surface area (Å²) in [6, 6.07) is 1.73. The van der Waals surface area contributed by atoms with Gasteiger partial charge in [-0.15, -0.1) is 0 Å². The van der Waals surface area contributed by atoms with Crippen molar-refractivity contribution in [2.45, 2.75) is 33.3 Å². The minimum absolute atomic E-state index is 0.243. The SMILES string of the molecule is Cc1cc(Cl)c(C)c(CC(C)O)c1O. The maximum absolute atomic E-state index is 9.78. The molecular weight excluding hydrogens is 200 g/mol. The number of hydrogen-bond donors (Lipinski definition) is 2. The van der Waals surface area contributed by atoms with Gasteiger partial charge in [0.1, 0.15) is 5.75 Å². The zero-order valence-electron chi connectivity index (χ0n) is 8.63. The third kappa shape index (κ3) is 2.20. The highest BCUT2D eigenvalue weighted by Gasteiger charge is 2.13. The van der Waals surface area contributed by atoms with Crippen molar-refractivity contribution < 1.29 is 10.2 Å². The number of phenolic OH excluding ortho intramolecular Hbond substituents is 1. The van der Waals surface area contributed by atoms with E-state index in [-0.39, 0.29) is 5.75 Å². The average molecular weight is 215 g/mol. The van der Waals surface area contributed by atoms with Crippen molar-refractivity contribution in [1.29, 1.82) is 0 Å². The van der Waals surface area contributed by atoms with Gasteiger partial charge in [-0.1, -0.05) is 11.6 Å². The van der Waals surface area contributed by atoms with Crippen molar-refractivity contribution in [3.8, 4) is 5.75 Å². The van der Waals surface area contributed by atoms with Crippen molar-refractivity contribution in [2.75, 3.05) is 0 Å². The highest BCUT2D eigenvalue weighted by Crippen LogP contribution is 2.31. The van der Waals surface area contributed by atoms with Crippen LogP contribution in [-0.4, -0.2) is 16.3 Å². The van der Waals surface area contributed by atoms with Gasteiger partial charge in [-0.25, -0.2) is 0 Å². The molecule has 0 aliphatic heterocycles. The zero-order valence-corrected chi connectivity index (χ0v) is 9.39. The Balaban J connectivity index is 3.25. The molecule has 0 amide bonds. The molecular formula is C11H15ClO2. The molecule has 1 rings (SSSR count). The van der Waals surface area contributed by atoms with Gasteiger partial charge >= 0.3 is 0 Å². The van der Waals surface area contributed by atoms with Crippen LogP contribution in [0.15, 0.2) is 6.07 Å². The first-order valence-electron chi connectivity index (χ1n) is 4.59. The van der Waals surface area contributed by atoms with Crippen LogP contribution in [0.1, 0.15) is 23.6 Å². The van der Waals surface area contributed by atoms with Crippen LogP contribution in [0.25, 0.3) is 0 Å². The Morgan fingerprint density at radius 3 is 2.50 bits per heavy atom. The Morgan fingerprint density at radius 1 is 1.43 bits per heavy atom. The van der Waals surface area contributed by atoms with Crippen molar-refractivity contribution in [3.63, 3.8) is 0 Å². The van der Waals surface area contributed by atoms with Crippen LogP contribution in [0.4, 0.5) is 0 Å². The molecule has 2 nitrogen and oxygen atoms in total. The van der Waals surface area contributed by atoms with Crippen molar-refractivity contribution in [1.82, 2.24) is 0 Å². The fourth-order valence-electron chi connectivity index (χ4n) is 1.47. The normalized spacial score (nSPS) is 12.9. The Hall–Kier alpha value is -0.730. The second kappa shape index (κ2) is 4.20. The van der Waals surface area contributed by atoms with Crippen LogP contribution in [0.2, 0.25) is 5.02 Å². The molecule has 0 heterocycles. The van der Waals surface area contributed by atoms with E-state index in [4.69, 9.17) is 11.6 Å². The third-order valence-electron chi connectivity index (χ3n) is 2.31. The molecule has 78 valence electrons. The highest BCUT2D eigenvalue weighted by atomic mass is 35.5.